The molecule has 0 aliphatic carbocycles. The van der Waals surface area contributed by atoms with Gasteiger partial charge in [-0.3, -0.25) is 23.7 Å². The van der Waals surface area contributed by atoms with Gasteiger partial charge in [0.2, 0.25) is 5.82 Å². The molecule has 13 nitrogen and oxygen atoms in total. The number of ether oxygens (including phenoxy) is 2. The van der Waals surface area contributed by atoms with Gasteiger partial charge in [0.1, 0.15) is 24.0 Å². The van der Waals surface area contributed by atoms with Crippen LogP contribution in [0.2, 0.25) is 0 Å². The molecule has 1 aromatic carbocycles. The summed E-state index contributed by atoms with van der Waals surface area (Å²) in [6.45, 7) is 3.87. The van der Waals surface area contributed by atoms with Crippen LogP contribution in [0, 0.1) is 18.2 Å². The van der Waals surface area contributed by atoms with E-state index in [1.165, 1.54) is 19.1 Å². The summed E-state index contributed by atoms with van der Waals surface area (Å²) in [6, 6.07) is 6.65. The summed E-state index contributed by atoms with van der Waals surface area (Å²) in [5.74, 6) is -0.120. The summed E-state index contributed by atoms with van der Waals surface area (Å²) in [6.07, 6.45) is 0.0520. The van der Waals surface area contributed by atoms with Gasteiger partial charge in [-0.15, -0.1) is 6.42 Å². The molecule has 6 atom stereocenters. The number of benzene rings is 1. The molecule has 0 saturated carbocycles. The number of nitrogens with zero attached hydrogens (tertiary/aromatic N) is 1. The number of halogens is 1. The molecule has 1 aliphatic rings. The zero-order chi connectivity index (χ0) is 28.3. The third kappa shape index (κ3) is 6.39. The molecule has 0 radical (unpaired) electrons. The fourth-order valence-electron chi connectivity index (χ4n) is 3.48. The molecule has 1 fully saturated rings. The summed E-state index contributed by atoms with van der Waals surface area (Å²) in [4.78, 5) is 37.6. The van der Waals surface area contributed by atoms with Gasteiger partial charge in [-0.1, -0.05) is 24.1 Å². The number of aromatic amines is 1. The van der Waals surface area contributed by atoms with Crippen LogP contribution in [0.15, 0.2) is 46.1 Å². The first-order valence-electron chi connectivity index (χ1n) is 11.3. The molecule has 1 aliphatic heterocycles. The number of aliphatic hydroxyl groups excluding tert-OH is 1. The lowest BCUT2D eigenvalue weighted by Gasteiger charge is -2.26. The number of rotatable bonds is 10. The fourth-order valence-corrected chi connectivity index (χ4v) is 4.98. The van der Waals surface area contributed by atoms with Crippen molar-refractivity contribution in [2.45, 2.75) is 57.0 Å². The molecule has 0 bridgehead atoms. The van der Waals surface area contributed by atoms with Crippen molar-refractivity contribution < 1.29 is 42.5 Å². The van der Waals surface area contributed by atoms with E-state index in [0.29, 0.717) is 10.8 Å². The Morgan fingerprint density at radius 2 is 2.00 bits per heavy atom. The molecular formula is C23H27FN3O10P. The lowest BCUT2D eigenvalue weighted by atomic mass is 9.95. The molecule has 0 spiro atoms. The summed E-state index contributed by atoms with van der Waals surface area (Å²) >= 11 is 0. The van der Waals surface area contributed by atoms with Gasteiger partial charge in [-0.2, -0.15) is 9.48 Å². The van der Waals surface area contributed by atoms with Gasteiger partial charge in [-0.05, 0) is 32.9 Å². The van der Waals surface area contributed by atoms with E-state index in [9.17, 15) is 33.6 Å². The number of para-hydroxylation sites is 1. The van der Waals surface area contributed by atoms with Crippen LogP contribution in [-0.4, -0.2) is 62.3 Å². The van der Waals surface area contributed by atoms with E-state index in [2.05, 4.69) is 5.09 Å². The second-order valence-electron chi connectivity index (χ2n) is 8.62. The molecule has 206 valence electrons. The van der Waals surface area contributed by atoms with Crippen molar-refractivity contribution >= 4 is 13.7 Å². The van der Waals surface area contributed by atoms with Crippen molar-refractivity contribution in [3.05, 3.63) is 63.2 Å². The van der Waals surface area contributed by atoms with Gasteiger partial charge in [0.05, 0.1) is 18.9 Å². The number of aromatic nitrogens is 2. The Kier molecular flexibility index (Phi) is 8.94. The number of nitrogens with one attached hydrogen (secondary N) is 2. The number of aliphatic hydroxyl groups is 2. The highest BCUT2D eigenvalue weighted by Gasteiger charge is 2.56. The molecular weight excluding hydrogens is 528 g/mol. The Hall–Kier alpha value is -3.31. The minimum Gasteiger partial charge on any atom is -0.462 e. The van der Waals surface area contributed by atoms with Crippen LogP contribution >= 0.6 is 7.75 Å². The average Bonchev–Trinajstić information content (AvgIpc) is 3.10. The highest BCUT2D eigenvalue weighted by atomic mass is 31.2. The van der Waals surface area contributed by atoms with E-state index in [1.54, 1.807) is 37.0 Å². The molecule has 2 aromatic rings. The number of H-pyrrole nitrogens is 1. The zero-order valence-corrected chi connectivity index (χ0v) is 21.5. The quantitative estimate of drug-likeness (QED) is 0.182. The van der Waals surface area contributed by atoms with Crippen molar-refractivity contribution in [1.29, 1.82) is 0 Å². The summed E-state index contributed by atoms with van der Waals surface area (Å²) < 4.78 is 49.5. The van der Waals surface area contributed by atoms with Gasteiger partial charge in [0.15, 0.2) is 11.8 Å². The van der Waals surface area contributed by atoms with Crippen molar-refractivity contribution in [1.82, 2.24) is 14.6 Å². The molecule has 38 heavy (non-hydrogen) atoms. The predicted molar refractivity (Wildman–Crippen MR) is 129 cm³/mol. The largest absolute Gasteiger partial charge is 0.462 e. The van der Waals surface area contributed by atoms with Crippen LogP contribution < -0.4 is 20.9 Å². The first-order valence-corrected chi connectivity index (χ1v) is 12.9. The lowest BCUT2D eigenvalue weighted by Crippen LogP contribution is -2.48. The van der Waals surface area contributed by atoms with Crippen LogP contribution in [0.3, 0.4) is 0 Å². The third-order valence-corrected chi connectivity index (χ3v) is 6.97. The van der Waals surface area contributed by atoms with Crippen LogP contribution in [0.4, 0.5) is 4.39 Å². The number of terminal acetylenes is 1. The smallest absolute Gasteiger partial charge is 0.459 e. The molecule has 0 unspecified atom stereocenters. The van der Waals surface area contributed by atoms with E-state index < -0.39 is 73.6 Å². The maximum atomic E-state index is 13.9. The topological polar surface area (TPSA) is 178 Å². The first kappa shape index (κ1) is 29.2. The Labute approximate surface area is 216 Å². The minimum absolute atomic E-state index is 0.105. The van der Waals surface area contributed by atoms with Crippen LogP contribution in [0.25, 0.3) is 0 Å². The maximum Gasteiger partial charge on any atom is 0.459 e. The van der Waals surface area contributed by atoms with E-state index in [4.69, 9.17) is 24.9 Å². The molecule has 4 N–H and O–H groups in total. The SMILES string of the molecule is C#C[C@@]1(O)[C@H](O)[C@@H](CO[P@@](=O)(N[C@@H](C)C(=O)OC(C)C)Oc2ccccc2)O[C@H]1n1cc(F)c(=O)[nH]c1=O. The van der Waals surface area contributed by atoms with E-state index in [1.807, 2.05) is 5.92 Å². The number of hydrogen-bond acceptors (Lipinski definition) is 10. The minimum atomic E-state index is -4.39. The summed E-state index contributed by atoms with van der Waals surface area (Å²) in [5.41, 5.74) is -5.08. The standard InChI is InChI=1S/C23H27FN3O10P/c1-5-23(32)18(28)17(36-21(23)27-11-16(24)19(29)25-22(27)31)12-34-38(33,37-15-9-7-6-8-10-15)26-14(4)20(30)35-13(2)3/h1,6-11,13-14,17-18,21,28,32H,12H2,2-4H3,(H,26,33)(H,25,29,31)/t14-,17+,18+,21+,23+,38-/m0/s1. The van der Waals surface area contributed by atoms with Crippen molar-refractivity contribution in [3.63, 3.8) is 0 Å². The molecule has 0 amide bonds. The molecule has 1 aromatic heterocycles. The van der Waals surface area contributed by atoms with Crippen molar-refractivity contribution in [2.75, 3.05) is 6.61 Å². The van der Waals surface area contributed by atoms with Gasteiger partial charge in [0, 0.05) is 0 Å². The van der Waals surface area contributed by atoms with Crippen molar-refractivity contribution in [3.8, 4) is 18.1 Å². The fraction of sp³-hybridized carbons (Fsp3) is 0.435. The predicted octanol–water partition coefficient (Wildman–Crippen LogP) is 0.432. The second-order valence-corrected chi connectivity index (χ2v) is 10.3. The van der Waals surface area contributed by atoms with E-state index in [-0.39, 0.29) is 5.75 Å². The summed E-state index contributed by atoms with van der Waals surface area (Å²) in [5, 5.41) is 24.0. The molecule has 2 heterocycles. The first-order chi connectivity index (χ1) is 17.8. The van der Waals surface area contributed by atoms with E-state index >= 15 is 0 Å². The normalized spacial score (nSPS) is 25.4. The summed E-state index contributed by atoms with van der Waals surface area (Å²) in [7, 11) is -4.39. The molecule has 15 heteroatoms. The third-order valence-electron chi connectivity index (χ3n) is 5.33. The Morgan fingerprint density at radius 3 is 2.61 bits per heavy atom. The van der Waals surface area contributed by atoms with Crippen LogP contribution in [0.5, 0.6) is 5.75 Å². The number of hydrogen-bond donors (Lipinski definition) is 4. The van der Waals surface area contributed by atoms with Gasteiger partial charge >= 0.3 is 19.4 Å². The second kappa shape index (κ2) is 11.6. The van der Waals surface area contributed by atoms with E-state index in [0.717, 1.165) is 0 Å². The number of esters is 1. The molecule has 1 saturated heterocycles. The number of carbonyl (C=O) groups is 1. The lowest BCUT2D eigenvalue weighted by molar-refractivity contribution is -0.149. The van der Waals surface area contributed by atoms with Crippen LogP contribution in [-0.2, 0) is 23.4 Å². The number of carbonyl (C=O) groups excluding carboxylic acids is 1. The Balaban J connectivity index is 1.86. The van der Waals surface area contributed by atoms with Crippen LogP contribution in [0.1, 0.15) is 27.0 Å². The molecule has 3 rings (SSSR count). The monoisotopic (exact) mass is 555 g/mol. The Bertz CT molecular complexity index is 1360. The highest BCUT2D eigenvalue weighted by Crippen LogP contribution is 2.46. The van der Waals surface area contributed by atoms with Gasteiger partial charge < -0.3 is 24.2 Å². The average molecular weight is 555 g/mol. The maximum absolute atomic E-state index is 13.9. The Morgan fingerprint density at radius 1 is 1.34 bits per heavy atom. The van der Waals surface area contributed by atoms with Crippen molar-refractivity contribution in [2.24, 2.45) is 0 Å². The van der Waals surface area contributed by atoms with Gasteiger partial charge in [-0.25, -0.2) is 9.36 Å². The van der Waals surface area contributed by atoms with Gasteiger partial charge in [0.25, 0.3) is 5.56 Å². The highest BCUT2D eigenvalue weighted by molar-refractivity contribution is 7.52. The zero-order valence-electron chi connectivity index (χ0n) is 20.6.